The molecule has 2 aromatic rings. The van der Waals surface area contributed by atoms with Crippen LogP contribution in [0.1, 0.15) is 19.4 Å². The van der Waals surface area contributed by atoms with Gasteiger partial charge in [0.1, 0.15) is 0 Å². The lowest BCUT2D eigenvalue weighted by Crippen LogP contribution is -2.38. The molecule has 0 saturated carbocycles. The van der Waals surface area contributed by atoms with Crippen molar-refractivity contribution >= 4 is 21.6 Å². The highest BCUT2D eigenvalue weighted by Gasteiger charge is 2.17. The lowest BCUT2D eigenvalue weighted by atomic mass is 10.1. The second-order valence-corrected chi connectivity index (χ2v) is 7.13. The summed E-state index contributed by atoms with van der Waals surface area (Å²) in [7, 11) is -3.57. The number of hydrogen-bond donors (Lipinski definition) is 1. The molecule has 0 aromatic heterocycles. The zero-order valence-corrected chi connectivity index (χ0v) is 14.7. The molecule has 0 saturated heterocycles. The van der Waals surface area contributed by atoms with Crippen LogP contribution in [0.2, 0.25) is 0 Å². The van der Waals surface area contributed by atoms with E-state index in [9.17, 15) is 13.2 Å². The second kappa shape index (κ2) is 8.08. The third-order valence-electron chi connectivity index (χ3n) is 3.72. The minimum absolute atomic E-state index is 0.116. The van der Waals surface area contributed by atoms with Crippen molar-refractivity contribution in [2.24, 2.45) is 0 Å². The molecule has 1 N–H and O–H groups in total. The van der Waals surface area contributed by atoms with Gasteiger partial charge in [-0.1, -0.05) is 43.3 Å². The molecule has 1 amide bonds. The molecular weight excluding hydrogens is 324 g/mol. The summed E-state index contributed by atoms with van der Waals surface area (Å²) in [4.78, 5) is 13.8. The largest absolute Gasteiger partial charge is 0.311 e. The van der Waals surface area contributed by atoms with Crippen LogP contribution in [0.15, 0.2) is 59.5 Å². The molecule has 0 unspecified atom stereocenters. The Morgan fingerprint density at radius 2 is 1.67 bits per heavy atom. The Morgan fingerprint density at radius 1 is 1.04 bits per heavy atom. The molecule has 24 heavy (non-hydrogen) atoms. The first kappa shape index (κ1) is 18.2. The average Bonchev–Trinajstić information content (AvgIpc) is 2.59. The number of hydrogen-bond acceptors (Lipinski definition) is 3. The Bertz CT molecular complexity index is 789. The summed E-state index contributed by atoms with van der Waals surface area (Å²) in [5.41, 5.74) is 1.88. The van der Waals surface area contributed by atoms with Crippen molar-refractivity contribution in [3.8, 4) is 0 Å². The van der Waals surface area contributed by atoms with Gasteiger partial charge in [-0.2, -0.15) is 0 Å². The molecule has 0 atom stereocenters. The first-order valence-electron chi connectivity index (χ1n) is 7.86. The Hall–Kier alpha value is -2.18. The van der Waals surface area contributed by atoms with Crippen molar-refractivity contribution in [3.05, 3.63) is 60.2 Å². The van der Waals surface area contributed by atoms with Crippen LogP contribution < -0.4 is 9.62 Å². The quantitative estimate of drug-likeness (QED) is 0.838. The Labute approximate surface area is 143 Å². The highest BCUT2D eigenvalue weighted by Crippen LogP contribution is 2.21. The van der Waals surface area contributed by atoms with Crippen LogP contribution in [0.5, 0.6) is 0 Å². The predicted molar refractivity (Wildman–Crippen MR) is 95.5 cm³/mol. The van der Waals surface area contributed by atoms with Gasteiger partial charge in [-0.25, -0.2) is 13.1 Å². The number of sulfonamides is 1. The van der Waals surface area contributed by atoms with E-state index in [2.05, 4.69) is 4.72 Å². The van der Waals surface area contributed by atoms with Gasteiger partial charge in [0.15, 0.2) is 0 Å². The molecule has 2 rings (SSSR count). The van der Waals surface area contributed by atoms with E-state index in [1.165, 1.54) is 19.1 Å². The summed E-state index contributed by atoms with van der Waals surface area (Å²) in [6, 6.07) is 15.8. The molecule has 0 bridgehead atoms. The zero-order valence-electron chi connectivity index (χ0n) is 13.9. The summed E-state index contributed by atoms with van der Waals surface area (Å²) in [6.45, 7) is 3.93. The third-order valence-corrected chi connectivity index (χ3v) is 5.20. The Balaban J connectivity index is 2.09. The molecule has 0 aliphatic rings. The maximum Gasteiger partial charge on any atom is 0.240 e. The van der Waals surface area contributed by atoms with Crippen LogP contribution in [0.4, 0.5) is 5.69 Å². The van der Waals surface area contributed by atoms with Crippen molar-refractivity contribution < 1.29 is 13.2 Å². The number of para-hydroxylation sites is 1. The summed E-state index contributed by atoms with van der Waals surface area (Å²) in [5.74, 6) is -0.116. The van der Waals surface area contributed by atoms with Crippen molar-refractivity contribution in [1.29, 1.82) is 0 Å². The van der Waals surface area contributed by atoms with Crippen LogP contribution in [-0.4, -0.2) is 27.4 Å². The van der Waals surface area contributed by atoms with Crippen LogP contribution in [0.25, 0.3) is 0 Å². The van der Waals surface area contributed by atoms with E-state index in [0.717, 1.165) is 17.7 Å². The smallest absolute Gasteiger partial charge is 0.240 e. The summed E-state index contributed by atoms with van der Waals surface area (Å²) in [6.07, 6.45) is 0.801. The summed E-state index contributed by atoms with van der Waals surface area (Å²) in [5, 5.41) is 0. The second-order valence-electron chi connectivity index (χ2n) is 5.36. The molecule has 0 aliphatic carbocycles. The van der Waals surface area contributed by atoms with E-state index in [0.29, 0.717) is 0 Å². The van der Waals surface area contributed by atoms with E-state index >= 15 is 0 Å². The fraction of sp³-hybridized carbons (Fsp3) is 0.278. The fourth-order valence-corrected chi connectivity index (χ4v) is 3.54. The highest BCUT2D eigenvalue weighted by atomic mass is 32.2. The van der Waals surface area contributed by atoms with E-state index in [4.69, 9.17) is 0 Å². The van der Waals surface area contributed by atoms with E-state index in [1.54, 1.807) is 23.1 Å². The van der Waals surface area contributed by atoms with Gasteiger partial charge in [0.05, 0.1) is 4.90 Å². The predicted octanol–water partition coefficient (Wildman–Crippen LogP) is 2.58. The van der Waals surface area contributed by atoms with Crippen LogP contribution in [0.3, 0.4) is 0 Å². The molecule has 0 aliphatic heterocycles. The molecule has 0 radical (unpaired) electrons. The average molecular weight is 346 g/mol. The van der Waals surface area contributed by atoms with E-state index in [1.807, 2.05) is 31.2 Å². The molecule has 5 nitrogen and oxygen atoms in total. The van der Waals surface area contributed by atoms with E-state index in [-0.39, 0.29) is 23.9 Å². The first-order valence-corrected chi connectivity index (χ1v) is 9.34. The van der Waals surface area contributed by atoms with Crippen molar-refractivity contribution in [2.75, 3.05) is 18.0 Å². The number of nitrogens with one attached hydrogen (secondary N) is 1. The number of amides is 1. The molecular formula is C18H22N2O3S. The topological polar surface area (TPSA) is 66.5 Å². The minimum atomic E-state index is -3.57. The third kappa shape index (κ3) is 4.43. The van der Waals surface area contributed by atoms with Gasteiger partial charge in [0.25, 0.3) is 0 Å². The minimum Gasteiger partial charge on any atom is -0.311 e. The van der Waals surface area contributed by atoms with Crippen LogP contribution >= 0.6 is 0 Å². The van der Waals surface area contributed by atoms with Gasteiger partial charge in [0.2, 0.25) is 15.9 Å². The van der Waals surface area contributed by atoms with Crippen molar-refractivity contribution in [2.45, 2.75) is 25.2 Å². The Morgan fingerprint density at radius 3 is 2.29 bits per heavy atom. The maximum atomic E-state index is 12.2. The lowest BCUT2D eigenvalue weighted by Gasteiger charge is -2.24. The molecule has 6 heteroatoms. The van der Waals surface area contributed by atoms with Gasteiger partial charge < -0.3 is 4.90 Å². The normalized spacial score (nSPS) is 11.2. The highest BCUT2D eigenvalue weighted by molar-refractivity contribution is 7.89. The number of carbonyl (C=O) groups excluding carboxylic acids is 1. The van der Waals surface area contributed by atoms with Crippen molar-refractivity contribution in [3.63, 3.8) is 0 Å². The number of carbonyl (C=O) groups is 1. The molecule has 128 valence electrons. The standard InChI is InChI=1S/C18H22N2O3S/c1-3-16-9-7-8-12-18(16)20(15(2)21)14-13-19-24(22,23)17-10-5-4-6-11-17/h4-12,19H,3,13-14H2,1-2H3. The molecule has 0 heterocycles. The number of rotatable bonds is 7. The van der Waals surface area contributed by atoms with Gasteiger partial charge >= 0.3 is 0 Å². The van der Waals surface area contributed by atoms with E-state index < -0.39 is 10.0 Å². The molecule has 0 fully saturated rings. The van der Waals surface area contributed by atoms with Gasteiger partial charge in [-0.05, 0) is 30.2 Å². The van der Waals surface area contributed by atoms with Crippen LogP contribution in [-0.2, 0) is 21.2 Å². The van der Waals surface area contributed by atoms with Gasteiger partial charge in [-0.3, -0.25) is 4.79 Å². The number of anilines is 1. The first-order chi connectivity index (χ1) is 11.5. The van der Waals surface area contributed by atoms with Crippen LogP contribution in [0, 0.1) is 0 Å². The number of benzene rings is 2. The SMILES string of the molecule is CCc1ccccc1N(CCNS(=O)(=O)c1ccccc1)C(C)=O. The number of nitrogens with zero attached hydrogens (tertiary/aromatic N) is 1. The fourth-order valence-electron chi connectivity index (χ4n) is 2.50. The van der Waals surface area contributed by atoms with Gasteiger partial charge in [0, 0.05) is 25.7 Å². The molecule has 2 aromatic carbocycles. The monoisotopic (exact) mass is 346 g/mol. The summed E-state index contributed by atoms with van der Waals surface area (Å²) < 4.78 is 27.0. The van der Waals surface area contributed by atoms with Crippen molar-refractivity contribution in [1.82, 2.24) is 4.72 Å². The zero-order chi connectivity index (χ0) is 17.6. The lowest BCUT2D eigenvalue weighted by molar-refractivity contribution is -0.116. The summed E-state index contributed by atoms with van der Waals surface area (Å²) >= 11 is 0. The molecule has 0 spiro atoms. The number of aryl methyl sites for hydroxylation is 1. The Kier molecular flexibility index (Phi) is 6.11. The maximum absolute atomic E-state index is 12.2. The van der Waals surface area contributed by atoms with Gasteiger partial charge in [-0.15, -0.1) is 0 Å².